The molecule has 0 aliphatic heterocycles. The van der Waals surface area contributed by atoms with Crippen LogP contribution in [-0.4, -0.2) is 9.97 Å². The smallest absolute Gasteiger partial charge is 0.131 e. The number of hydrogen-bond acceptors (Lipinski definition) is 3. The molecule has 2 rings (SSSR count). The van der Waals surface area contributed by atoms with Crippen LogP contribution in [0.25, 0.3) is 0 Å². The Morgan fingerprint density at radius 2 is 2.06 bits per heavy atom. The lowest BCUT2D eigenvalue weighted by atomic mass is 10.2. The molecule has 0 aliphatic rings. The highest BCUT2D eigenvalue weighted by Gasteiger charge is 1.98. The molecule has 0 unspecified atom stereocenters. The SMILES string of the molecule is CCc1nc(=S)cc(NCc2ccc(F)cc2)[nH]1. The Kier molecular flexibility index (Phi) is 4.04. The molecule has 0 spiro atoms. The van der Waals surface area contributed by atoms with Crippen LogP contribution in [0.5, 0.6) is 0 Å². The minimum absolute atomic E-state index is 0.227. The van der Waals surface area contributed by atoms with Crippen LogP contribution in [0, 0.1) is 10.5 Å². The van der Waals surface area contributed by atoms with Gasteiger partial charge in [0, 0.05) is 19.0 Å². The molecule has 0 saturated heterocycles. The number of halogens is 1. The van der Waals surface area contributed by atoms with Crippen molar-refractivity contribution in [3.8, 4) is 0 Å². The Bertz CT molecular complexity index is 578. The van der Waals surface area contributed by atoms with Crippen LogP contribution < -0.4 is 5.32 Å². The lowest BCUT2D eigenvalue weighted by Gasteiger charge is -2.08. The second-order valence-electron chi connectivity index (χ2n) is 3.91. The lowest BCUT2D eigenvalue weighted by Crippen LogP contribution is -2.04. The van der Waals surface area contributed by atoms with Crippen molar-refractivity contribution in [2.24, 2.45) is 0 Å². The fourth-order valence-corrected chi connectivity index (χ4v) is 1.80. The number of aryl methyl sites for hydroxylation is 1. The molecule has 5 heteroatoms. The summed E-state index contributed by atoms with van der Waals surface area (Å²) in [6.07, 6.45) is 0.801. The van der Waals surface area contributed by atoms with Crippen molar-refractivity contribution in [3.63, 3.8) is 0 Å². The van der Waals surface area contributed by atoms with E-state index in [2.05, 4.69) is 15.3 Å². The molecule has 1 heterocycles. The molecule has 2 aromatic rings. The Balaban J connectivity index is 2.08. The highest BCUT2D eigenvalue weighted by molar-refractivity contribution is 7.71. The maximum absolute atomic E-state index is 12.8. The van der Waals surface area contributed by atoms with E-state index in [0.717, 1.165) is 23.6 Å². The van der Waals surface area contributed by atoms with Crippen LogP contribution in [-0.2, 0) is 13.0 Å². The van der Waals surface area contributed by atoms with Gasteiger partial charge in [-0.15, -0.1) is 0 Å². The van der Waals surface area contributed by atoms with Crippen molar-refractivity contribution in [3.05, 3.63) is 52.2 Å². The Morgan fingerprint density at radius 1 is 1.33 bits per heavy atom. The fraction of sp³-hybridized carbons (Fsp3) is 0.231. The van der Waals surface area contributed by atoms with E-state index >= 15 is 0 Å². The molecule has 2 N–H and O–H groups in total. The maximum Gasteiger partial charge on any atom is 0.131 e. The summed E-state index contributed by atoms with van der Waals surface area (Å²) in [5, 5.41) is 3.21. The highest BCUT2D eigenvalue weighted by Crippen LogP contribution is 2.08. The zero-order valence-corrected chi connectivity index (χ0v) is 10.9. The Hall–Kier alpha value is -1.75. The number of aromatic amines is 1. The number of nitrogens with one attached hydrogen (secondary N) is 2. The predicted octanol–water partition coefficient (Wildman–Crippen LogP) is 3.45. The molecule has 0 fully saturated rings. The largest absolute Gasteiger partial charge is 0.367 e. The zero-order valence-electron chi connectivity index (χ0n) is 10.0. The summed E-state index contributed by atoms with van der Waals surface area (Å²) in [6, 6.07) is 8.17. The number of anilines is 1. The third kappa shape index (κ3) is 3.37. The van der Waals surface area contributed by atoms with Crippen molar-refractivity contribution in [1.82, 2.24) is 9.97 Å². The summed E-state index contributed by atoms with van der Waals surface area (Å²) >= 11 is 5.08. The summed E-state index contributed by atoms with van der Waals surface area (Å²) < 4.78 is 13.3. The predicted molar refractivity (Wildman–Crippen MR) is 72.5 cm³/mol. The van der Waals surface area contributed by atoms with E-state index in [4.69, 9.17) is 12.2 Å². The van der Waals surface area contributed by atoms with Crippen molar-refractivity contribution in [2.75, 3.05) is 5.32 Å². The van der Waals surface area contributed by atoms with Crippen molar-refractivity contribution >= 4 is 18.0 Å². The van der Waals surface area contributed by atoms with Gasteiger partial charge in [-0.05, 0) is 17.7 Å². The van der Waals surface area contributed by atoms with Gasteiger partial charge in [0.1, 0.15) is 22.1 Å². The van der Waals surface area contributed by atoms with E-state index in [0.29, 0.717) is 11.2 Å². The van der Waals surface area contributed by atoms with Crippen molar-refractivity contribution < 1.29 is 4.39 Å². The molecule has 94 valence electrons. The van der Waals surface area contributed by atoms with Gasteiger partial charge in [0.25, 0.3) is 0 Å². The van der Waals surface area contributed by atoms with Crippen LogP contribution in [0.4, 0.5) is 10.2 Å². The number of rotatable bonds is 4. The van der Waals surface area contributed by atoms with Gasteiger partial charge in [-0.1, -0.05) is 31.3 Å². The maximum atomic E-state index is 12.8. The number of H-pyrrole nitrogens is 1. The molecule has 0 amide bonds. The molecule has 0 aliphatic carbocycles. The number of hydrogen-bond donors (Lipinski definition) is 2. The van der Waals surface area contributed by atoms with Gasteiger partial charge in [-0.2, -0.15) is 0 Å². The summed E-state index contributed by atoms with van der Waals surface area (Å²) in [6.45, 7) is 2.62. The van der Waals surface area contributed by atoms with Crippen LogP contribution in [0.3, 0.4) is 0 Å². The molecule has 1 aromatic heterocycles. The molecule has 0 saturated carbocycles. The van der Waals surface area contributed by atoms with Crippen LogP contribution >= 0.6 is 12.2 Å². The molecule has 0 radical (unpaired) electrons. The number of nitrogens with zero attached hydrogens (tertiary/aromatic N) is 1. The van der Waals surface area contributed by atoms with Gasteiger partial charge in [-0.3, -0.25) is 0 Å². The quantitative estimate of drug-likeness (QED) is 0.830. The second-order valence-corrected chi connectivity index (χ2v) is 4.33. The summed E-state index contributed by atoms with van der Waals surface area (Å²) in [5.74, 6) is 1.45. The molecular formula is C13H14FN3S. The van der Waals surface area contributed by atoms with Gasteiger partial charge in [0.15, 0.2) is 0 Å². The van der Waals surface area contributed by atoms with Gasteiger partial charge < -0.3 is 10.3 Å². The molecular weight excluding hydrogens is 249 g/mol. The van der Waals surface area contributed by atoms with Gasteiger partial charge >= 0.3 is 0 Å². The molecule has 1 aromatic carbocycles. The molecule has 3 nitrogen and oxygen atoms in total. The topological polar surface area (TPSA) is 40.7 Å². The Morgan fingerprint density at radius 3 is 2.72 bits per heavy atom. The van der Waals surface area contributed by atoms with Gasteiger partial charge in [0.05, 0.1) is 0 Å². The van der Waals surface area contributed by atoms with E-state index in [1.807, 2.05) is 6.92 Å². The average Bonchev–Trinajstić information content (AvgIpc) is 2.37. The molecule has 0 bridgehead atoms. The lowest BCUT2D eigenvalue weighted by molar-refractivity contribution is 0.627. The van der Waals surface area contributed by atoms with Crippen molar-refractivity contribution in [2.45, 2.75) is 19.9 Å². The molecule has 18 heavy (non-hydrogen) atoms. The summed E-state index contributed by atoms with van der Waals surface area (Å²) in [7, 11) is 0. The van der Waals surface area contributed by atoms with E-state index in [1.54, 1.807) is 18.2 Å². The highest BCUT2D eigenvalue weighted by atomic mass is 32.1. The first kappa shape index (κ1) is 12.7. The van der Waals surface area contributed by atoms with Gasteiger partial charge in [0.2, 0.25) is 0 Å². The summed E-state index contributed by atoms with van der Waals surface area (Å²) in [4.78, 5) is 7.34. The first-order valence-corrected chi connectivity index (χ1v) is 6.17. The monoisotopic (exact) mass is 263 g/mol. The standard InChI is InChI=1S/C13H14FN3S/c1-2-11-16-12(7-13(18)17-11)15-8-9-3-5-10(14)6-4-9/h3-7H,2,8H2,1H3,(H2,15,16,17,18). The first-order valence-electron chi connectivity index (χ1n) is 5.76. The van der Waals surface area contributed by atoms with Crippen LogP contribution in [0.2, 0.25) is 0 Å². The third-order valence-electron chi connectivity index (χ3n) is 2.52. The summed E-state index contributed by atoms with van der Waals surface area (Å²) in [5.41, 5.74) is 1.01. The van der Waals surface area contributed by atoms with E-state index < -0.39 is 0 Å². The minimum Gasteiger partial charge on any atom is -0.367 e. The average molecular weight is 263 g/mol. The van der Waals surface area contributed by atoms with Crippen LogP contribution in [0.1, 0.15) is 18.3 Å². The zero-order chi connectivity index (χ0) is 13.0. The first-order chi connectivity index (χ1) is 8.67. The number of benzene rings is 1. The van der Waals surface area contributed by atoms with E-state index in [9.17, 15) is 4.39 Å². The molecule has 0 atom stereocenters. The Labute approximate surface area is 110 Å². The number of aromatic nitrogens is 2. The fourth-order valence-electron chi connectivity index (χ4n) is 1.57. The van der Waals surface area contributed by atoms with Crippen molar-refractivity contribution in [1.29, 1.82) is 0 Å². The minimum atomic E-state index is -0.227. The van der Waals surface area contributed by atoms with Crippen LogP contribution in [0.15, 0.2) is 30.3 Å². The third-order valence-corrected chi connectivity index (χ3v) is 2.73. The normalized spacial score (nSPS) is 10.3. The van der Waals surface area contributed by atoms with E-state index in [1.165, 1.54) is 12.1 Å². The van der Waals surface area contributed by atoms with Gasteiger partial charge in [-0.25, -0.2) is 9.37 Å². The second kappa shape index (κ2) is 5.73. The van der Waals surface area contributed by atoms with E-state index in [-0.39, 0.29) is 5.82 Å².